The molecule has 2 N–H and O–H groups in total. The van der Waals surface area contributed by atoms with Crippen molar-refractivity contribution < 1.29 is 19.4 Å². The van der Waals surface area contributed by atoms with E-state index in [2.05, 4.69) is 17.1 Å². The minimum absolute atomic E-state index is 0.0680. The molecule has 1 unspecified atom stereocenters. The molecule has 0 radical (unpaired) electrons. The molecule has 1 atom stereocenters. The monoisotopic (exact) mass is 354 g/mol. The highest BCUT2D eigenvalue weighted by atomic mass is 16.5. The number of hydrogen-bond acceptors (Lipinski definition) is 5. The summed E-state index contributed by atoms with van der Waals surface area (Å²) in [6, 6.07) is 12.5. The molecular formula is C20H22N2O4. The molecule has 1 amide bonds. The molecule has 0 fully saturated rings. The number of allylic oxidation sites excluding steroid dienone is 1. The average Bonchev–Trinajstić information content (AvgIpc) is 2.65. The fraction of sp³-hybridized carbons (Fsp3) is 0.200. The molecule has 2 rings (SSSR count). The van der Waals surface area contributed by atoms with Crippen LogP contribution in [0.3, 0.4) is 0 Å². The Morgan fingerprint density at radius 3 is 2.73 bits per heavy atom. The summed E-state index contributed by atoms with van der Waals surface area (Å²) in [6.45, 7) is 5.31. The lowest BCUT2D eigenvalue weighted by Crippen LogP contribution is -2.33. The van der Waals surface area contributed by atoms with Gasteiger partial charge < -0.3 is 14.6 Å². The highest BCUT2D eigenvalue weighted by Crippen LogP contribution is 2.31. The molecule has 0 heterocycles. The van der Waals surface area contributed by atoms with Crippen LogP contribution in [0.15, 0.2) is 60.2 Å². The van der Waals surface area contributed by atoms with Gasteiger partial charge in [-0.25, -0.2) is 5.43 Å². The highest BCUT2D eigenvalue weighted by Gasteiger charge is 2.14. The van der Waals surface area contributed by atoms with E-state index in [1.165, 1.54) is 13.3 Å². The summed E-state index contributed by atoms with van der Waals surface area (Å²) in [6.07, 6.45) is 2.94. The van der Waals surface area contributed by atoms with E-state index in [0.29, 0.717) is 29.0 Å². The van der Waals surface area contributed by atoms with Crippen LogP contribution >= 0.6 is 0 Å². The maximum atomic E-state index is 12.1. The molecule has 2 aromatic rings. The minimum Gasteiger partial charge on any atom is -0.504 e. The van der Waals surface area contributed by atoms with Gasteiger partial charge in [0.15, 0.2) is 17.6 Å². The number of hydrogen-bond donors (Lipinski definition) is 2. The second-order valence-corrected chi connectivity index (χ2v) is 5.53. The third-order valence-electron chi connectivity index (χ3n) is 3.57. The second-order valence-electron chi connectivity index (χ2n) is 5.53. The number of hydrazone groups is 1. The van der Waals surface area contributed by atoms with Gasteiger partial charge in [0.05, 0.1) is 13.3 Å². The first-order chi connectivity index (χ1) is 12.5. The molecular weight excluding hydrogens is 332 g/mol. The molecule has 0 saturated carbocycles. The molecule has 26 heavy (non-hydrogen) atoms. The van der Waals surface area contributed by atoms with Gasteiger partial charge in [0.25, 0.3) is 5.91 Å². The van der Waals surface area contributed by atoms with Gasteiger partial charge in [-0.2, -0.15) is 5.10 Å². The summed E-state index contributed by atoms with van der Waals surface area (Å²) in [5.74, 6) is 0.634. The van der Waals surface area contributed by atoms with Crippen LogP contribution in [-0.2, 0) is 11.2 Å². The highest BCUT2D eigenvalue weighted by molar-refractivity contribution is 5.85. The summed E-state index contributed by atoms with van der Waals surface area (Å²) in [7, 11) is 1.47. The number of methoxy groups -OCH3 is 1. The predicted octanol–water partition coefficient (Wildman–Crippen LogP) is 3.05. The fourth-order valence-electron chi connectivity index (χ4n) is 2.25. The van der Waals surface area contributed by atoms with Crippen LogP contribution in [0.5, 0.6) is 17.2 Å². The second kappa shape index (κ2) is 9.27. The maximum absolute atomic E-state index is 12.1. The smallest absolute Gasteiger partial charge is 0.280 e. The third kappa shape index (κ3) is 5.11. The van der Waals surface area contributed by atoms with Gasteiger partial charge in [-0.3, -0.25) is 4.79 Å². The van der Waals surface area contributed by atoms with E-state index in [1.54, 1.807) is 37.3 Å². The van der Waals surface area contributed by atoms with Crippen LogP contribution in [0.4, 0.5) is 0 Å². The first-order valence-electron chi connectivity index (χ1n) is 8.10. The number of phenols is 1. The van der Waals surface area contributed by atoms with Crippen LogP contribution in [0.2, 0.25) is 0 Å². The van der Waals surface area contributed by atoms with Gasteiger partial charge in [0, 0.05) is 5.56 Å². The van der Waals surface area contributed by atoms with Crippen molar-refractivity contribution in [1.82, 2.24) is 5.43 Å². The van der Waals surface area contributed by atoms with E-state index < -0.39 is 6.10 Å². The number of phenolic OH excluding ortho intramolecular Hbond substituents is 1. The molecule has 0 aromatic heterocycles. The lowest BCUT2D eigenvalue weighted by molar-refractivity contribution is -0.127. The molecule has 6 nitrogen and oxygen atoms in total. The van der Waals surface area contributed by atoms with Gasteiger partial charge >= 0.3 is 0 Å². The van der Waals surface area contributed by atoms with E-state index in [-0.39, 0.29) is 11.7 Å². The third-order valence-corrected chi connectivity index (χ3v) is 3.57. The van der Waals surface area contributed by atoms with Gasteiger partial charge in [-0.15, -0.1) is 6.58 Å². The van der Waals surface area contributed by atoms with Crippen molar-refractivity contribution in [3.8, 4) is 17.2 Å². The largest absolute Gasteiger partial charge is 0.504 e. The zero-order chi connectivity index (χ0) is 18.9. The Bertz CT molecular complexity index is 788. The molecule has 2 aromatic carbocycles. The van der Waals surface area contributed by atoms with Crippen molar-refractivity contribution in [2.75, 3.05) is 7.11 Å². The zero-order valence-corrected chi connectivity index (χ0v) is 14.8. The summed E-state index contributed by atoms with van der Waals surface area (Å²) in [5, 5.41) is 14.0. The van der Waals surface area contributed by atoms with Crippen LogP contribution in [0, 0.1) is 0 Å². The zero-order valence-electron chi connectivity index (χ0n) is 14.8. The van der Waals surface area contributed by atoms with Crippen molar-refractivity contribution >= 4 is 12.1 Å². The van der Waals surface area contributed by atoms with Crippen LogP contribution < -0.4 is 14.9 Å². The van der Waals surface area contributed by atoms with Crippen molar-refractivity contribution in [3.63, 3.8) is 0 Å². The number of carbonyl (C=O) groups excluding carboxylic acids is 1. The van der Waals surface area contributed by atoms with E-state index in [4.69, 9.17) is 9.47 Å². The summed E-state index contributed by atoms with van der Waals surface area (Å²) >= 11 is 0. The van der Waals surface area contributed by atoms with Gasteiger partial charge in [0.1, 0.15) is 5.75 Å². The molecule has 0 aliphatic carbocycles. The van der Waals surface area contributed by atoms with E-state index in [1.807, 2.05) is 18.2 Å². The molecule has 6 heteroatoms. The standard InChI is InChI=1S/C20H22N2O4/c1-4-8-16-11-15(12-18(25-3)19(16)23)13-21-22-20(24)14(2)26-17-9-6-5-7-10-17/h4-7,9-14,23H,1,8H2,2-3H3,(H,22,24)/b21-13+. The fourth-order valence-corrected chi connectivity index (χ4v) is 2.25. The Kier molecular flexibility index (Phi) is 6.79. The quantitative estimate of drug-likeness (QED) is 0.434. The van der Waals surface area contributed by atoms with Crippen LogP contribution in [-0.4, -0.2) is 30.4 Å². The van der Waals surface area contributed by atoms with Crippen molar-refractivity contribution in [1.29, 1.82) is 0 Å². The first kappa shape index (κ1) is 19.1. The number of nitrogens with one attached hydrogen (secondary N) is 1. The summed E-state index contributed by atoms with van der Waals surface area (Å²) in [4.78, 5) is 12.1. The van der Waals surface area contributed by atoms with Crippen molar-refractivity contribution in [3.05, 3.63) is 66.2 Å². The molecule has 136 valence electrons. The number of para-hydroxylation sites is 1. The Labute approximate surface area is 152 Å². The predicted molar refractivity (Wildman–Crippen MR) is 101 cm³/mol. The minimum atomic E-state index is -0.694. The maximum Gasteiger partial charge on any atom is 0.280 e. The number of amides is 1. The van der Waals surface area contributed by atoms with Crippen molar-refractivity contribution in [2.24, 2.45) is 5.10 Å². The molecule has 0 spiro atoms. The summed E-state index contributed by atoms with van der Waals surface area (Å²) < 4.78 is 10.7. The first-order valence-corrected chi connectivity index (χ1v) is 8.10. The number of rotatable bonds is 8. The molecule has 0 saturated heterocycles. The topological polar surface area (TPSA) is 80.2 Å². The van der Waals surface area contributed by atoms with Gasteiger partial charge in [0.2, 0.25) is 0 Å². The number of benzene rings is 2. The van der Waals surface area contributed by atoms with Gasteiger partial charge in [-0.05, 0) is 43.2 Å². The lowest BCUT2D eigenvalue weighted by Gasteiger charge is -2.12. The number of aromatic hydroxyl groups is 1. The van der Waals surface area contributed by atoms with Gasteiger partial charge in [-0.1, -0.05) is 24.3 Å². The Morgan fingerprint density at radius 1 is 1.35 bits per heavy atom. The van der Waals surface area contributed by atoms with E-state index in [0.717, 1.165) is 0 Å². The Hall–Kier alpha value is -3.28. The average molecular weight is 354 g/mol. The van der Waals surface area contributed by atoms with E-state index >= 15 is 0 Å². The van der Waals surface area contributed by atoms with Crippen LogP contribution in [0.25, 0.3) is 0 Å². The normalized spacial score (nSPS) is 11.8. The number of carbonyl (C=O) groups is 1. The van der Waals surface area contributed by atoms with Crippen LogP contribution in [0.1, 0.15) is 18.1 Å². The Morgan fingerprint density at radius 2 is 2.08 bits per heavy atom. The Balaban J connectivity index is 2.01. The molecule has 0 aliphatic heterocycles. The van der Waals surface area contributed by atoms with E-state index in [9.17, 15) is 9.90 Å². The number of ether oxygens (including phenoxy) is 2. The molecule has 0 bridgehead atoms. The number of nitrogens with zero attached hydrogens (tertiary/aromatic N) is 1. The van der Waals surface area contributed by atoms with Crippen molar-refractivity contribution in [2.45, 2.75) is 19.4 Å². The lowest BCUT2D eigenvalue weighted by atomic mass is 10.1. The SMILES string of the molecule is C=CCc1cc(/C=N/NC(=O)C(C)Oc2ccccc2)cc(OC)c1O. The molecule has 0 aliphatic rings. The summed E-state index contributed by atoms with van der Waals surface area (Å²) in [5.41, 5.74) is 3.77.